The molecule has 0 spiro atoms. The monoisotopic (exact) mass is 522 g/mol. The lowest BCUT2D eigenvalue weighted by Crippen LogP contribution is -2.52. The number of aromatic amines is 1. The average molecular weight is 523 g/mol. The van der Waals surface area contributed by atoms with Crippen LogP contribution in [0.2, 0.25) is 0 Å². The first-order chi connectivity index (χ1) is 18.2. The molecule has 0 aliphatic carbocycles. The molecule has 2 atom stereocenters. The zero-order valence-corrected chi connectivity index (χ0v) is 22.4. The minimum Gasteiger partial charge on any atom is -0.358 e. The molecule has 202 valence electrons. The number of H-pyrrole nitrogens is 1. The van der Waals surface area contributed by atoms with Crippen LogP contribution in [0.4, 0.5) is 14.9 Å². The molecule has 10 heteroatoms. The Morgan fingerprint density at radius 2 is 2.00 bits per heavy atom. The Morgan fingerprint density at radius 1 is 1.24 bits per heavy atom. The van der Waals surface area contributed by atoms with Crippen LogP contribution in [0.5, 0.6) is 0 Å². The van der Waals surface area contributed by atoms with Crippen LogP contribution in [0.15, 0.2) is 18.2 Å². The van der Waals surface area contributed by atoms with E-state index in [2.05, 4.69) is 34.4 Å². The number of fused-ring (bicyclic) bond motifs is 3. The summed E-state index contributed by atoms with van der Waals surface area (Å²) in [5.74, 6) is -1.18. The zero-order valence-electron chi connectivity index (χ0n) is 22.4. The molecule has 3 aliphatic heterocycles. The van der Waals surface area contributed by atoms with Crippen LogP contribution < -0.4 is 15.5 Å². The molecular weight excluding hydrogens is 487 g/mol. The van der Waals surface area contributed by atoms with Crippen molar-refractivity contribution in [2.24, 2.45) is 0 Å². The van der Waals surface area contributed by atoms with Gasteiger partial charge in [0.15, 0.2) is 0 Å². The van der Waals surface area contributed by atoms with Crippen LogP contribution in [0, 0.1) is 19.7 Å². The number of carbonyl (C=O) groups is 3. The van der Waals surface area contributed by atoms with E-state index in [9.17, 15) is 18.8 Å². The number of nitrogens with one attached hydrogen (secondary N) is 3. The number of anilines is 1. The number of hydrogen-bond donors (Lipinski definition) is 3. The molecule has 0 saturated carbocycles. The number of halogens is 1. The van der Waals surface area contributed by atoms with Crippen molar-refractivity contribution in [1.29, 1.82) is 0 Å². The summed E-state index contributed by atoms with van der Waals surface area (Å²) in [6, 6.07) is 3.94. The standard InChI is InChI=1S/C28H35FN6O3/c1-5-33(6-2)10-9-30-26(36)25-16(3)23(32-17(25)4)13-22-21-11-18(29)7-8-24(21)35(27(22)37)28(38)34-15-19-12-20(34)14-31-19/h7-8,11,13,19-20,31-32H,5-6,9-10,12,14-15H2,1-4H3,(H,30,36)/b22-13-/t19-,20-/m0/s1. The van der Waals surface area contributed by atoms with E-state index >= 15 is 0 Å². The van der Waals surface area contributed by atoms with Gasteiger partial charge in [0, 0.05) is 55.2 Å². The lowest BCUT2D eigenvalue weighted by atomic mass is 10.0. The Labute approximate surface area is 222 Å². The number of hydrogen-bond acceptors (Lipinski definition) is 5. The van der Waals surface area contributed by atoms with Crippen molar-refractivity contribution in [3.63, 3.8) is 0 Å². The SMILES string of the molecule is CCN(CC)CCNC(=O)c1c(C)[nH]c(/C=C2\C(=O)N(C(=O)N3C[C@@H]4C[C@H]3CN4)c3ccc(F)cc32)c1C. The fourth-order valence-corrected chi connectivity index (χ4v) is 5.88. The number of likely N-dealkylation sites (tertiary alicyclic amines) is 1. The van der Waals surface area contributed by atoms with Gasteiger partial charge in [-0.25, -0.2) is 14.1 Å². The van der Waals surface area contributed by atoms with E-state index < -0.39 is 11.7 Å². The first-order valence-electron chi connectivity index (χ1n) is 13.3. The van der Waals surface area contributed by atoms with Crippen LogP contribution in [0.1, 0.15) is 53.1 Å². The molecule has 0 unspecified atom stereocenters. The predicted molar refractivity (Wildman–Crippen MR) is 144 cm³/mol. The molecule has 1 aromatic carbocycles. The Kier molecular flexibility index (Phi) is 7.11. The van der Waals surface area contributed by atoms with Gasteiger partial charge in [-0.2, -0.15) is 0 Å². The Hall–Kier alpha value is -3.50. The van der Waals surface area contributed by atoms with Gasteiger partial charge in [-0.05, 0) is 63.2 Å². The molecule has 2 saturated heterocycles. The topological polar surface area (TPSA) is 101 Å². The fourth-order valence-electron chi connectivity index (χ4n) is 5.88. The highest BCUT2D eigenvalue weighted by molar-refractivity contribution is 6.42. The van der Waals surface area contributed by atoms with Gasteiger partial charge in [0.25, 0.3) is 11.8 Å². The highest BCUT2D eigenvalue weighted by Gasteiger charge is 2.46. The number of imide groups is 1. The molecule has 4 heterocycles. The number of rotatable bonds is 7. The molecule has 4 amide bonds. The second-order valence-electron chi connectivity index (χ2n) is 10.2. The summed E-state index contributed by atoms with van der Waals surface area (Å²) >= 11 is 0. The van der Waals surface area contributed by atoms with Crippen molar-refractivity contribution < 1.29 is 18.8 Å². The third-order valence-electron chi connectivity index (χ3n) is 8.02. The lowest BCUT2D eigenvalue weighted by Gasteiger charge is -2.30. The van der Waals surface area contributed by atoms with E-state index in [1.165, 1.54) is 18.2 Å². The van der Waals surface area contributed by atoms with Gasteiger partial charge < -0.3 is 25.4 Å². The zero-order chi connectivity index (χ0) is 27.1. The minimum absolute atomic E-state index is 0.0494. The van der Waals surface area contributed by atoms with Crippen molar-refractivity contribution >= 4 is 35.2 Å². The van der Waals surface area contributed by atoms with Crippen LogP contribution in [-0.2, 0) is 4.79 Å². The van der Waals surface area contributed by atoms with E-state index in [-0.39, 0.29) is 29.6 Å². The molecule has 3 aliphatic rings. The molecular formula is C28H35FN6O3. The summed E-state index contributed by atoms with van der Waals surface area (Å²) < 4.78 is 14.3. The quantitative estimate of drug-likeness (QED) is 0.486. The smallest absolute Gasteiger partial charge is 0.332 e. The molecule has 5 rings (SSSR count). The maximum atomic E-state index is 14.3. The summed E-state index contributed by atoms with van der Waals surface area (Å²) in [4.78, 5) is 48.5. The molecule has 1 aromatic heterocycles. The summed E-state index contributed by atoms with van der Waals surface area (Å²) in [5, 5.41) is 6.34. The van der Waals surface area contributed by atoms with Crippen LogP contribution in [0.3, 0.4) is 0 Å². The highest BCUT2D eigenvalue weighted by Crippen LogP contribution is 2.40. The van der Waals surface area contributed by atoms with Gasteiger partial charge in [0.05, 0.1) is 16.8 Å². The maximum Gasteiger partial charge on any atom is 0.332 e. The largest absolute Gasteiger partial charge is 0.358 e. The number of piperazine rings is 1. The first kappa shape index (κ1) is 26.1. The number of amides is 4. The van der Waals surface area contributed by atoms with Crippen molar-refractivity contribution in [2.75, 3.05) is 44.2 Å². The third kappa shape index (κ3) is 4.52. The fraction of sp³-hybridized carbons (Fsp3) is 0.464. The average Bonchev–Trinajstić information content (AvgIpc) is 3.65. The molecule has 0 radical (unpaired) electrons. The maximum absolute atomic E-state index is 14.3. The van der Waals surface area contributed by atoms with Crippen molar-refractivity contribution in [3.05, 3.63) is 52.1 Å². The minimum atomic E-state index is -0.497. The highest BCUT2D eigenvalue weighted by atomic mass is 19.1. The number of carbonyl (C=O) groups excluding carboxylic acids is 3. The van der Waals surface area contributed by atoms with Crippen molar-refractivity contribution in [1.82, 2.24) is 25.4 Å². The summed E-state index contributed by atoms with van der Waals surface area (Å²) in [5.41, 5.74) is 3.42. The van der Waals surface area contributed by atoms with Crippen molar-refractivity contribution in [2.45, 2.75) is 46.2 Å². The summed E-state index contributed by atoms with van der Waals surface area (Å²) in [7, 11) is 0. The van der Waals surface area contributed by atoms with Gasteiger partial charge in [0.2, 0.25) is 0 Å². The summed E-state index contributed by atoms with van der Waals surface area (Å²) in [6.45, 7) is 12.2. The van der Waals surface area contributed by atoms with Gasteiger partial charge in [-0.1, -0.05) is 13.8 Å². The number of nitrogens with zero attached hydrogens (tertiary/aromatic N) is 3. The lowest BCUT2D eigenvalue weighted by molar-refractivity contribution is -0.112. The van der Waals surface area contributed by atoms with E-state index in [4.69, 9.17) is 0 Å². The molecule has 2 aromatic rings. The number of benzene rings is 1. The Morgan fingerprint density at radius 3 is 2.66 bits per heavy atom. The van der Waals surface area contributed by atoms with E-state index in [1.807, 2.05) is 13.8 Å². The third-order valence-corrected chi connectivity index (χ3v) is 8.02. The van der Waals surface area contributed by atoms with E-state index in [0.29, 0.717) is 53.4 Å². The number of urea groups is 1. The van der Waals surface area contributed by atoms with Crippen LogP contribution in [-0.4, -0.2) is 84.0 Å². The van der Waals surface area contributed by atoms with Gasteiger partial charge in [-0.3, -0.25) is 9.59 Å². The van der Waals surface area contributed by atoms with Gasteiger partial charge >= 0.3 is 6.03 Å². The number of aryl methyl sites for hydroxylation is 1. The van der Waals surface area contributed by atoms with Gasteiger partial charge in [0.1, 0.15) is 5.82 Å². The molecule has 2 fully saturated rings. The van der Waals surface area contributed by atoms with Gasteiger partial charge in [-0.15, -0.1) is 0 Å². The van der Waals surface area contributed by atoms with E-state index in [0.717, 1.165) is 31.0 Å². The normalized spacial score (nSPS) is 21.2. The first-order valence-corrected chi connectivity index (χ1v) is 13.3. The molecule has 2 bridgehead atoms. The molecule has 9 nitrogen and oxygen atoms in total. The Bertz CT molecular complexity index is 1310. The number of aromatic nitrogens is 1. The van der Waals surface area contributed by atoms with Crippen molar-refractivity contribution in [3.8, 4) is 0 Å². The molecule has 38 heavy (non-hydrogen) atoms. The predicted octanol–water partition coefficient (Wildman–Crippen LogP) is 2.90. The Balaban J connectivity index is 1.43. The second kappa shape index (κ2) is 10.3. The summed E-state index contributed by atoms with van der Waals surface area (Å²) in [6.07, 6.45) is 2.49. The van der Waals surface area contributed by atoms with E-state index in [1.54, 1.807) is 11.0 Å². The van der Waals surface area contributed by atoms with Crippen LogP contribution in [0.25, 0.3) is 11.6 Å². The molecule has 3 N–H and O–H groups in total. The second-order valence-corrected chi connectivity index (χ2v) is 10.2. The van der Waals surface area contributed by atoms with Crippen LogP contribution >= 0.6 is 0 Å². The number of likely N-dealkylation sites (N-methyl/N-ethyl adjacent to an activating group) is 1.